The highest BCUT2D eigenvalue weighted by atomic mass is 16.5. The Balaban J connectivity index is 1.94. The lowest BCUT2D eigenvalue weighted by molar-refractivity contribution is -0.159. The number of ether oxygens (including phenoxy) is 1. The van der Waals surface area contributed by atoms with E-state index in [0.717, 1.165) is 18.4 Å². The van der Waals surface area contributed by atoms with Crippen molar-refractivity contribution in [3.63, 3.8) is 0 Å². The highest BCUT2D eigenvalue weighted by molar-refractivity contribution is 5.77. The van der Waals surface area contributed by atoms with Crippen molar-refractivity contribution in [1.29, 1.82) is 0 Å². The topological polar surface area (TPSA) is 26.3 Å². The molecule has 0 saturated heterocycles. The van der Waals surface area contributed by atoms with E-state index in [1.165, 1.54) is 0 Å². The Labute approximate surface area is 103 Å². The molecule has 0 N–H and O–H groups in total. The zero-order valence-electron chi connectivity index (χ0n) is 10.8. The summed E-state index contributed by atoms with van der Waals surface area (Å²) in [5.41, 5.74) is 0.806. The SMILES string of the molecule is CC1(C(C)(C)C(=O)OCc2ccccc2)CC1. The molecule has 17 heavy (non-hydrogen) atoms. The molecule has 0 amide bonds. The van der Waals surface area contributed by atoms with Gasteiger partial charge in [-0.3, -0.25) is 4.79 Å². The van der Waals surface area contributed by atoms with Crippen molar-refractivity contribution in [2.24, 2.45) is 10.8 Å². The predicted octanol–water partition coefficient (Wildman–Crippen LogP) is 3.56. The fourth-order valence-electron chi connectivity index (χ4n) is 1.96. The third-order valence-corrected chi connectivity index (χ3v) is 4.23. The molecular formula is C15H20O2. The van der Waals surface area contributed by atoms with Crippen LogP contribution in [-0.2, 0) is 16.1 Å². The standard InChI is InChI=1S/C15H20O2/c1-14(2,15(3)9-10-15)13(16)17-11-12-7-5-4-6-8-12/h4-8H,9-11H2,1-3H3. The van der Waals surface area contributed by atoms with E-state index in [0.29, 0.717) is 6.61 Å². The van der Waals surface area contributed by atoms with Crippen LogP contribution in [0.2, 0.25) is 0 Å². The van der Waals surface area contributed by atoms with Crippen molar-refractivity contribution < 1.29 is 9.53 Å². The molecule has 0 atom stereocenters. The minimum Gasteiger partial charge on any atom is -0.460 e. The summed E-state index contributed by atoms with van der Waals surface area (Å²) in [6, 6.07) is 9.81. The Bertz CT molecular complexity index is 402. The molecule has 1 aliphatic rings. The van der Waals surface area contributed by atoms with Gasteiger partial charge in [-0.25, -0.2) is 0 Å². The van der Waals surface area contributed by atoms with Crippen molar-refractivity contribution in [2.45, 2.75) is 40.2 Å². The average Bonchev–Trinajstić information content (AvgIpc) is 3.07. The fraction of sp³-hybridized carbons (Fsp3) is 0.533. The van der Waals surface area contributed by atoms with Crippen LogP contribution >= 0.6 is 0 Å². The van der Waals surface area contributed by atoms with Gasteiger partial charge in [0.1, 0.15) is 6.61 Å². The Morgan fingerprint density at radius 1 is 1.29 bits per heavy atom. The summed E-state index contributed by atoms with van der Waals surface area (Å²) in [7, 11) is 0. The van der Waals surface area contributed by atoms with E-state index in [2.05, 4.69) is 6.92 Å². The number of rotatable bonds is 4. The van der Waals surface area contributed by atoms with Crippen LogP contribution in [0.1, 0.15) is 39.2 Å². The first kappa shape index (κ1) is 12.2. The van der Waals surface area contributed by atoms with Gasteiger partial charge in [0.2, 0.25) is 0 Å². The van der Waals surface area contributed by atoms with E-state index < -0.39 is 0 Å². The molecule has 2 heteroatoms. The first-order valence-corrected chi connectivity index (χ1v) is 6.17. The lowest BCUT2D eigenvalue weighted by atomic mass is 9.77. The minimum absolute atomic E-state index is 0.0821. The second kappa shape index (κ2) is 4.17. The number of benzene rings is 1. The van der Waals surface area contributed by atoms with Crippen LogP contribution in [0.4, 0.5) is 0 Å². The molecule has 0 heterocycles. The number of esters is 1. The highest BCUT2D eigenvalue weighted by Crippen LogP contribution is 2.58. The lowest BCUT2D eigenvalue weighted by Gasteiger charge is -2.29. The summed E-state index contributed by atoms with van der Waals surface area (Å²) in [5, 5.41) is 0. The van der Waals surface area contributed by atoms with E-state index in [4.69, 9.17) is 4.74 Å². The van der Waals surface area contributed by atoms with Gasteiger partial charge in [-0.1, -0.05) is 37.3 Å². The molecule has 1 fully saturated rings. The molecule has 0 bridgehead atoms. The first-order chi connectivity index (χ1) is 7.96. The molecule has 2 rings (SSSR count). The largest absolute Gasteiger partial charge is 0.460 e. The number of carbonyl (C=O) groups is 1. The van der Waals surface area contributed by atoms with Gasteiger partial charge in [0.25, 0.3) is 0 Å². The second-order valence-corrected chi connectivity index (χ2v) is 5.75. The molecule has 92 valence electrons. The van der Waals surface area contributed by atoms with Crippen molar-refractivity contribution >= 4 is 5.97 Å². The molecule has 1 aliphatic carbocycles. The van der Waals surface area contributed by atoms with Crippen LogP contribution in [0.15, 0.2) is 30.3 Å². The summed E-state index contributed by atoms with van der Waals surface area (Å²) in [6.45, 7) is 6.52. The summed E-state index contributed by atoms with van der Waals surface area (Å²) in [5.74, 6) is -0.0821. The summed E-state index contributed by atoms with van der Waals surface area (Å²) in [4.78, 5) is 12.1. The molecule has 0 aliphatic heterocycles. The Kier molecular flexibility index (Phi) is 2.98. The lowest BCUT2D eigenvalue weighted by Crippen LogP contribution is -2.34. The van der Waals surface area contributed by atoms with Gasteiger partial charge in [0, 0.05) is 0 Å². The van der Waals surface area contributed by atoms with Crippen LogP contribution < -0.4 is 0 Å². The molecule has 0 radical (unpaired) electrons. The number of hydrogen-bond donors (Lipinski definition) is 0. The van der Waals surface area contributed by atoms with Gasteiger partial charge < -0.3 is 4.74 Å². The number of hydrogen-bond acceptors (Lipinski definition) is 2. The second-order valence-electron chi connectivity index (χ2n) is 5.75. The van der Waals surface area contributed by atoms with E-state index in [9.17, 15) is 4.79 Å². The monoisotopic (exact) mass is 232 g/mol. The van der Waals surface area contributed by atoms with Crippen LogP contribution in [0, 0.1) is 10.8 Å². The van der Waals surface area contributed by atoms with Crippen molar-refractivity contribution in [2.75, 3.05) is 0 Å². The first-order valence-electron chi connectivity index (χ1n) is 6.17. The Morgan fingerprint density at radius 3 is 2.41 bits per heavy atom. The van der Waals surface area contributed by atoms with E-state index in [-0.39, 0.29) is 16.8 Å². The normalized spacial score (nSPS) is 17.6. The van der Waals surface area contributed by atoms with Gasteiger partial charge >= 0.3 is 5.97 Å². The zero-order chi connectivity index (χ0) is 12.5. The van der Waals surface area contributed by atoms with E-state index >= 15 is 0 Å². The fourth-order valence-corrected chi connectivity index (χ4v) is 1.96. The Hall–Kier alpha value is -1.31. The summed E-state index contributed by atoms with van der Waals surface area (Å²) in [6.07, 6.45) is 2.25. The van der Waals surface area contributed by atoms with Crippen LogP contribution in [0.3, 0.4) is 0 Å². The molecule has 2 nitrogen and oxygen atoms in total. The molecule has 1 saturated carbocycles. The predicted molar refractivity (Wildman–Crippen MR) is 67.4 cm³/mol. The van der Waals surface area contributed by atoms with Gasteiger partial charge in [-0.05, 0) is 37.7 Å². The van der Waals surface area contributed by atoms with Crippen LogP contribution in [0.25, 0.3) is 0 Å². The molecule has 0 spiro atoms. The van der Waals surface area contributed by atoms with Crippen LogP contribution in [-0.4, -0.2) is 5.97 Å². The van der Waals surface area contributed by atoms with Crippen molar-refractivity contribution in [1.82, 2.24) is 0 Å². The maximum atomic E-state index is 12.1. The Morgan fingerprint density at radius 2 is 1.88 bits per heavy atom. The molecule has 1 aromatic rings. The highest BCUT2D eigenvalue weighted by Gasteiger charge is 2.55. The maximum absolute atomic E-state index is 12.1. The third kappa shape index (κ3) is 2.36. The molecule has 1 aromatic carbocycles. The van der Waals surface area contributed by atoms with Gasteiger partial charge in [0.05, 0.1) is 5.41 Å². The van der Waals surface area contributed by atoms with Crippen molar-refractivity contribution in [3.8, 4) is 0 Å². The van der Waals surface area contributed by atoms with Crippen LogP contribution in [0.5, 0.6) is 0 Å². The quantitative estimate of drug-likeness (QED) is 0.742. The summed E-state index contributed by atoms with van der Waals surface area (Å²) < 4.78 is 5.42. The average molecular weight is 232 g/mol. The molecule has 0 unspecified atom stereocenters. The maximum Gasteiger partial charge on any atom is 0.312 e. The van der Waals surface area contributed by atoms with Gasteiger partial charge in [0.15, 0.2) is 0 Å². The minimum atomic E-state index is -0.373. The third-order valence-electron chi connectivity index (χ3n) is 4.23. The van der Waals surface area contributed by atoms with E-state index in [1.54, 1.807) is 0 Å². The van der Waals surface area contributed by atoms with Crippen molar-refractivity contribution in [3.05, 3.63) is 35.9 Å². The molecular weight excluding hydrogens is 212 g/mol. The molecule has 0 aromatic heterocycles. The zero-order valence-corrected chi connectivity index (χ0v) is 10.8. The van der Waals surface area contributed by atoms with E-state index in [1.807, 2.05) is 44.2 Å². The van der Waals surface area contributed by atoms with Gasteiger partial charge in [-0.2, -0.15) is 0 Å². The smallest absolute Gasteiger partial charge is 0.312 e. The van der Waals surface area contributed by atoms with Gasteiger partial charge in [-0.15, -0.1) is 0 Å². The summed E-state index contributed by atoms with van der Waals surface area (Å²) >= 11 is 0. The number of carbonyl (C=O) groups excluding carboxylic acids is 1.